The number of ether oxygens (including phenoxy) is 2. The summed E-state index contributed by atoms with van der Waals surface area (Å²) >= 11 is 0. The Morgan fingerprint density at radius 1 is 1.24 bits per heavy atom. The van der Waals surface area contributed by atoms with E-state index in [1.54, 1.807) is 0 Å². The summed E-state index contributed by atoms with van der Waals surface area (Å²) < 4.78 is 93.0. The first-order valence-corrected chi connectivity index (χ1v) is 10.2. The molecule has 0 saturated carbocycles. The molecular weight excluding hydrogens is 514 g/mol. The Hall–Kier alpha value is -4.32. The van der Waals surface area contributed by atoms with E-state index in [1.165, 1.54) is 13.0 Å². The van der Waals surface area contributed by atoms with Crippen molar-refractivity contribution in [1.29, 1.82) is 5.26 Å². The normalized spacial score (nSPS) is 11.5. The molecule has 0 radical (unpaired) electrons. The highest BCUT2D eigenvalue weighted by atomic mass is 19.4. The zero-order valence-corrected chi connectivity index (χ0v) is 18.8. The highest BCUT2D eigenvalue weighted by molar-refractivity contribution is 5.44. The minimum absolute atomic E-state index is 0.245. The molecule has 3 rings (SSSR count). The first-order chi connectivity index (χ1) is 17.4. The van der Waals surface area contributed by atoms with Crippen LogP contribution in [-0.4, -0.2) is 33.1 Å². The topological polar surface area (TPSA) is 121 Å². The zero-order chi connectivity index (χ0) is 27.5. The summed E-state index contributed by atoms with van der Waals surface area (Å²) in [6.45, 7) is -0.238. The lowest BCUT2D eigenvalue weighted by Gasteiger charge is -2.15. The zero-order valence-electron chi connectivity index (χ0n) is 18.8. The molecule has 0 spiro atoms. The summed E-state index contributed by atoms with van der Waals surface area (Å²) in [5.74, 6) is -4.09. The Morgan fingerprint density at radius 3 is 2.54 bits per heavy atom. The minimum Gasteiger partial charge on any atom is -0.485 e. The van der Waals surface area contributed by atoms with E-state index in [0.29, 0.717) is 15.6 Å². The van der Waals surface area contributed by atoms with Crippen molar-refractivity contribution in [3.8, 4) is 23.3 Å². The number of rotatable bonds is 8. The van der Waals surface area contributed by atoms with Crippen molar-refractivity contribution in [2.45, 2.75) is 26.1 Å². The standard InChI is InChI=1S/C22H17F6N4O5/c1-11-4-12(7-29)17(23)15(5-11)37-18-19(22(26,27)28)30-10-31(21(18)34)8-13-6-14(20(24)25)16(9-32(13)35)36-3-2-33/h4-6,9-10,20,33,35H,2-3,8H2,1H3/q+1. The molecule has 0 aliphatic rings. The number of benzene rings is 1. The molecule has 1 aromatic carbocycles. The van der Waals surface area contributed by atoms with Crippen molar-refractivity contribution in [3.05, 3.63) is 75.0 Å². The summed E-state index contributed by atoms with van der Waals surface area (Å²) in [6.07, 6.45) is -7.16. The predicted octanol–water partition coefficient (Wildman–Crippen LogP) is 3.26. The van der Waals surface area contributed by atoms with Crippen LogP contribution in [0.5, 0.6) is 17.2 Å². The van der Waals surface area contributed by atoms with Crippen LogP contribution in [0.1, 0.15) is 34.5 Å². The second kappa shape index (κ2) is 10.7. The van der Waals surface area contributed by atoms with Gasteiger partial charge in [-0.2, -0.15) is 18.4 Å². The molecule has 3 aromatic rings. The molecule has 9 nitrogen and oxygen atoms in total. The summed E-state index contributed by atoms with van der Waals surface area (Å²) in [6, 6.07) is 4.33. The van der Waals surface area contributed by atoms with Crippen LogP contribution in [-0.2, 0) is 12.7 Å². The van der Waals surface area contributed by atoms with Crippen molar-refractivity contribution in [2.75, 3.05) is 13.2 Å². The van der Waals surface area contributed by atoms with Gasteiger partial charge in [0.25, 0.3) is 23.9 Å². The van der Waals surface area contributed by atoms with Crippen LogP contribution < -0.4 is 19.8 Å². The molecule has 0 fully saturated rings. The molecule has 15 heteroatoms. The van der Waals surface area contributed by atoms with E-state index >= 15 is 0 Å². The van der Waals surface area contributed by atoms with Gasteiger partial charge in [-0.3, -0.25) is 14.6 Å². The molecule has 0 aliphatic heterocycles. The molecule has 2 aromatic heterocycles. The maximum absolute atomic E-state index is 14.6. The first-order valence-electron chi connectivity index (χ1n) is 10.2. The maximum Gasteiger partial charge on any atom is 0.437 e. The second-order valence-electron chi connectivity index (χ2n) is 7.49. The SMILES string of the molecule is Cc1cc(C#N)c(F)c(Oc2c(C(F)(F)F)ncn(Cc3cc(C(F)F)c(OCCO)c[n+]3O)c2=O)c1. The van der Waals surface area contributed by atoms with Crippen molar-refractivity contribution in [1.82, 2.24) is 9.55 Å². The molecule has 37 heavy (non-hydrogen) atoms. The van der Waals surface area contributed by atoms with Gasteiger partial charge in [-0.15, -0.1) is 0 Å². The fourth-order valence-electron chi connectivity index (χ4n) is 3.20. The predicted molar refractivity (Wildman–Crippen MR) is 110 cm³/mol. The lowest BCUT2D eigenvalue weighted by atomic mass is 10.1. The van der Waals surface area contributed by atoms with Crippen LogP contribution in [0.3, 0.4) is 0 Å². The molecule has 196 valence electrons. The molecule has 2 N–H and O–H groups in total. The van der Waals surface area contributed by atoms with Crippen LogP contribution in [0.2, 0.25) is 0 Å². The van der Waals surface area contributed by atoms with Crippen molar-refractivity contribution in [3.63, 3.8) is 0 Å². The fraction of sp³-hybridized carbons (Fsp3) is 0.273. The Kier molecular flexibility index (Phi) is 7.92. The Labute approximate surface area is 203 Å². The largest absolute Gasteiger partial charge is 0.485 e. The number of nitrogens with zero attached hydrogens (tertiary/aromatic N) is 4. The third-order valence-electron chi connectivity index (χ3n) is 4.84. The van der Waals surface area contributed by atoms with Crippen LogP contribution in [0.15, 0.2) is 35.5 Å². The van der Waals surface area contributed by atoms with Gasteiger partial charge in [-0.05, 0) is 24.6 Å². The number of hydrogen-bond acceptors (Lipinski definition) is 7. The first kappa shape index (κ1) is 27.3. The molecule has 0 aliphatic carbocycles. The van der Waals surface area contributed by atoms with Gasteiger partial charge in [0.2, 0.25) is 5.75 Å². The average molecular weight is 531 g/mol. The van der Waals surface area contributed by atoms with Gasteiger partial charge in [0.05, 0.1) is 24.1 Å². The quantitative estimate of drug-likeness (QED) is 0.260. The molecular formula is C22H17F6N4O5+. The number of alkyl halides is 5. The van der Waals surface area contributed by atoms with Crippen LogP contribution in [0.25, 0.3) is 0 Å². The van der Waals surface area contributed by atoms with Gasteiger partial charge in [0.1, 0.15) is 19.2 Å². The monoisotopic (exact) mass is 531 g/mol. The van der Waals surface area contributed by atoms with E-state index in [1.807, 2.05) is 0 Å². The van der Waals surface area contributed by atoms with Crippen molar-refractivity contribution in [2.24, 2.45) is 0 Å². The highest BCUT2D eigenvalue weighted by Crippen LogP contribution is 2.36. The number of aromatic nitrogens is 3. The summed E-state index contributed by atoms with van der Waals surface area (Å²) in [5.41, 5.74) is -4.71. The third-order valence-corrected chi connectivity index (χ3v) is 4.84. The van der Waals surface area contributed by atoms with Crippen molar-refractivity contribution >= 4 is 0 Å². The molecule has 0 bridgehead atoms. The number of aryl methyl sites for hydroxylation is 1. The number of pyridine rings is 1. The van der Waals surface area contributed by atoms with Gasteiger partial charge in [-0.25, -0.2) is 18.2 Å². The molecule has 0 atom stereocenters. The van der Waals surface area contributed by atoms with Gasteiger partial charge in [0.15, 0.2) is 23.0 Å². The number of aliphatic hydroxyl groups excluding tert-OH is 1. The number of hydrogen-bond donors (Lipinski definition) is 2. The van der Waals surface area contributed by atoms with E-state index in [2.05, 4.69) is 4.98 Å². The number of aliphatic hydroxyl groups is 1. The minimum atomic E-state index is -5.21. The molecule has 0 amide bonds. The van der Waals surface area contributed by atoms with E-state index in [-0.39, 0.29) is 12.2 Å². The van der Waals surface area contributed by atoms with Crippen LogP contribution in [0.4, 0.5) is 26.3 Å². The number of nitriles is 1. The van der Waals surface area contributed by atoms with Gasteiger partial charge < -0.3 is 14.6 Å². The third kappa shape index (κ3) is 5.92. The van der Waals surface area contributed by atoms with Crippen LogP contribution >= 0.6 is 0 Å². The molecule has 2 heterocycles. The summed E-state index contributed by atoms with van der Waals surface area (Å²) in [4.78, 5) is 16.1. The fourth-order valence-corrected chi connectivity index (χ4v) is 3.20. The van der Waals surface area contributed by atoms with Gasteiger partial charge >= 0.3 is 6.18 Å². The second-order valence-corrected chi connectivity index (χ2v) is 7.49. The maximum atomic E-state index is 14.6. The van der Waals surface area contributed by atoms with Crippen LogP contribution in [0, 0.1) is 24.1 Å². The lowest BCUT2D eigenvalue weighted by Crippen LogP contribution is -2.38. The smallest absolute Gasteiger partial charge is 0.437 e. The Bertz CT molecular complexity index is 1420. The highest BCUT2D eigenvalue weighted by Gasteiger charge is 2.39. The Balaban J connectivity index is 2.12. The average Bonchev–Trinajstić information content (AvgIpc) is 2.82. The van der Waals surface area contributed by atoms with E-state index in [4.69, 9.17) is 19.8 Å². The summed E-state index contributed by atoms with van der Waals surface area (Å²) in [7, 11) is 0. The molecule has 0 saturated heterocycles. The lowest BCUT2D eigenvalue weighted by molar-refractivity contribution is -0.910. The van der Waals surface area contributed by atoms with Gasteiger partial charge in [0, 0.05) is 10.8 Å². The van der Waals surface area contributed by atoms with E-state index < -0.39 is 76.9 Å². The summed E-state index contributed by atoms with van der Waals surface area (Å²) in [5, 5.41) is 28.0. The van der Waals surface area contributed by atoms with E-state index in [9.17, 15) is 36.3 Å². The van der Waals surface area contributed by atoms with E-state index in [0.717, 1.165) is 24.4 Å². The molecule has 0 unspecified atom stereocenters. The van der Waals surface area contributed by atoms with Gasteiger partial charge in [-0.1, -0.05) is 0 Å². The Morgan fingerprint density at radius 2 is 1.95 bits per heavy atom. The number of halogens is 6. The van der Waals surface area contributed by atoms with Crippen molar-refractivity contribution < 1.29 is 50.9 Å².